The molecule has 6 nitrogen and oxygen atoms in total. The summed E-state index contributed by atoms with van der Waals surface area (Å²) in [5, 5.41) is 3.17. The summed E-state index contributed by atoms with van der Waals surface area (Å²) in [7, 11) is 0. The molecule has 1 fully saturated rings. The van der Waals surface area contributed by atoms with Gasteiger partial charge in [0.1, 0.15) is 11.6 Å². The summed E-state index contributed by atoms with van der Waals surface area (Å²) >= 11 is 0. The van der Waals surface area contributed by atoms with Gasteiger partial charge in [-0.25, -0.2) is 9.97 Å². The SMILES string of the molecule is CC(C)c1nc(NCC(=O)N2CCOCC2)cc(C(C)(C)C)n1. The van der Waals surface area contributed by atoms with Crippen molar-refractivity contribution in [3.8, 4) is 0 Å². The molecule has 0 saturated carbocycles. The van der Waals surface area contributed by atoms with E-state index < -0.39 is 0 Å². The quantitative estimate of drug-likeness (QED) is 0.921. The fourth-order valence-electron chi connectivity index (χ4n) is 2.29. The van der Waals surface area contributed by atoms with Crippen LogP contribution in [0.2, 0.25) is 0 Å². The van der Waals surface area contributed by atoms with E-state index in [1.165, 1.54) is 0 Å². The van der Waals surface area contributed by atoms with Crippen LogP contribution in [0.4, 0.5) is 5.82 Å². The van der Waals surface area contributed by atoms with Crippen LogP contribution >= 0.6 is 0 Å². The molecule has 1 aliphatic rings. The number of rotatable bonds is 4. The van der Waals surface area contributed by atoms with Crippen molar-refractivity contribution in [1.82, 2.24) is 14.9 Å². The smallest absolute Gasteiger partial charge is 0.242 e. The normalized spacial score (nSPS) is 15.8. The molecule has 6 heteroatoms. The van der Waals surface area contributed by atoms with Crippen LogP contribution in [0.25, 0.3) is 0 Å². The summed E-state index contributed by atoms with van der Waals surface area (Å²) in [6.07, 6.45) is 0. The number of carbonyl (C=O) groups excluding carboxylic acids is 1. The van der Waals surface area contributed by atoms with E-state index in [0.717, 1.165) is 17.3 Å². The maximum absolute atomic E-state index is 12.2. The third-order valence-electron chi connectivity index (χ3n) is 3.81. The van der Waals surface area contributed by atoms with Crippen LogP contribution in [-0.2, 0) is 14.9 Å². The first-order valence-electron chi connectivity index (χ1n) is 8.26. The van der Waals surface area contributed by atoms with E-state index in [-0.39, 0.29) is 23.8 Å². The predicted octanol–water partition coefficient (Wildman–Crippen LogP) is 2.17. The van der Waals surface area contributed by atoms with Gasteiger partial charge in [0.25, 0.3) is 0 Å². The lowest BCUT2D eigenvalue weighted by Crippen LogP contribution is -2.43. The van der Waals surface area contributed by atoms with Crippen molar-refractivity contribution in [1.29, 1.82) is 0 Å². The number of ether oxygens (including phenoxy) is 1. The van der Waals surface area contributed by atoms with E-state index in [4.69, 9.17) is 4.74 Å². The van der Waals surface area contributed by atoms with E-state index >= 15 is 0 Å². The van der Waals surface area contributed by atoms with Gasteiger partial charge < -0.3 is 15.0 Å². The maximum Gasteiger partial charge on any atom is 0.242 e. The van der Waals surface area contributed by atoms with Crippen molar-refractivity contribution in [2.24, 2.45) is 0 Å². The number of anilines is 1. The molecule has 2 rings (SSSR count). The summed E-state index contributed by atoms with van der Waals surface area (Å²) in [5.74, 6) is 1.84. The first-order chi connectivity index (χ1) is 10.8. The molecule has 128 valence electrons. The summed E-state index contributed by atoms with van der Waals surface area (Å²) < 4.78 is 5.27. The molecular formula is C17H28N4O2. The fraction of sp³-hybridized carbons (Fsp3) is 0.706. The minimum Gasteiger partial charge on any atom is -0.378 e. The van der Waals surface area contributed by atoms with Crippen molar-refractivity contribution in [2.45, 2.75) is 46.0 Å². The lowest BCUT2D eigenvalue weighted by molar-refractivity contribution is -0.133. The van der Waals surface area contributed by atoms with E-state index in [1.54, 1.807) is 0 Å². The monoisotopic (exact) mass is 320 g/mol. The number of nitrogens with one attached hydrogen (secondary N) is 1. The Balaban J connectivity index is 2.09. The van der Waals surface area contributed by atoms with E-state index in [9.17, 15) is 4.79 Å². The van der Waals surface area contributed by atoms with E-state index in [2.05, 4.69) is 49.9 Å². The van der Waals surface area contributed by atoms with Gasteiger partial charge in [0, 0.05) is 30.5 Å². The minimum absolute atomic E-state index is 0.0583. The number of morpholine rings is 1. The van der Waals surface area contributed by atoms with Gasteiger partial charge in [-0.1, -0.05) is 34.6 Å². The van der Waals surface area contributed by atoms with Gasteiger partial charge in [-0.15, -0.1) is 0 Å². The first kappa shape index (κ1) is 17.7. The summed E-state index contributed by atoms with van der Waals surface area (Å²) in [6, 6.07) is 1.94. The van der Waals surface area contributed by atoms with Crippen molar-refractivity contribution < 1.29 is 9.53 Å². The van der Waals surface area contributed by atoms with Gasteiger partial charge in [0.2, 0.25) is 5.91 Å². The molecule has 23 heavy (non-hydrogen) atoms. The largest absolute Gasteiger partial charge is 0.378 e. The summed E-state index contributed by atoms with van der Waals surface area (Å²) in [6.45, 7) is 13.3. The molecule has 0 aliphatic carbocycles. The third kappa shape index (κ3) is 4.89. The highest BCUT2D eigenvalue weighted by atomic mass is 16.5. The molecule has 0 bridgehead atoms. The lowest BCUT2D eigenvalue weighted by Gasteiger charge is -2.27. The van der Waals surface area contributed by atoms with Crippen LogP contribution in [0.3, 0.4) is 0 Å². The maximum atomic E-state index is 12.2. The first-order valence-corrected chi connectivity index (χ1v) is 8.26. The molecule has 0 atom stereocenters. The Hall–Kier alpha value is -1.69. The summed E-state index contributed by atoms with van der Waals surface area (Å²) in [4.78, 5) is 23.3. The van der Waals surface area contributed by atoms with Crippen LogP contribution in [-0.4, -0.2) is 53.6 Å². The molecule has 1 aromatic heterocycles. The van der Waals surface area contributed by atoms with E-state index in [1.807, 2.05) is 11.0 Å². The molecular weight excluding hydrogens is 292 g/mol. The summed E-state index contributed by atoms with van der Waals surface area (Å²) in [5.41, 5.74) is 0.926. The molecule has 0 aromatic carbocycles. The molecule has 2 heterocycles. The molecule has 0 radical (unpaired) electrons. The Labute approximate surface area is 138 Å². The van der Waals surface area contributed by atoms with Gasteiger partial charge in [-0.05, 0) is 0 Å². The fourth-order valence-corrected chi connectivity index (χ4v) is 2.29. The zero-order valence-electron chi connectivity index (χ0n) is 14.8. The van der Waals surface area contributed by atoms with Gasteiger partial charge in [0.05, 0.1) is 25.5 Å². The van der Waals surface area contributed by atoms with Crippen LogP contribution < -0.4 is 5.32 Å². The van der Waals surface area contributed by atoms with Crippen molar-refractivity contribution >= 4 is 11.7 Å². The van der Waals surface area contributed by atoms with Crippen LogP contribution in [0.15, 0.2) is 6.07 Å². The molecule has 1 saturated heterocycles. The molecule has 0 unspecified atom stereocenters. The Morgan fingerprint density at radius 2 is 1.96 bits per heavy atom. The zero-order chi connectivity index (χ0) is 17.0. The molecule has 0 spiro atoms. The van der Waals surface area contributed by atoms with Gasteiger partial charge in [-0.2, -0.15) is 0 Å². The Bertz CT molecular complexity index is 546. The molecule has 1 amide bonds. The second-order valence-electron chi connectivity index (χ2n) is 7.25. The van der Waals surface area contributed by atoms with Crippen molar-refractivity contribution in [3.63, 3.8) is 0 Å². The van der Waals surface area contributed by atoms with E-state index in [0.29, 0.717) is 26.3 Å². The number of hydrogen-bond donors (Lipinski definition) is 1. The van der Waals surface area contributed by atoms with Gasteiger partial charge >= 0.3 is 0 Å². The van der Waals surface area contributed by atoms with Crippen LogP contribution in [0.1, 0.15) is 52.1 Å². The lowest BCUT2D eigenvalue weighted by atomic mass is 9.91. The number of aromatic nitrogens is 2. The second-order valence-corrected chi connectivity index (χ2v) is 7.25. The molecule has 1 N–H and O–H groups in total. The Morgan fingerprint density at radius 1 is 1.30 bits per heavy atom. The highest BCUT2D eigenvalue weighted by molar-refractivity contribution is 5.80. The Morgan fingerprint density at radius 3 is 2.52 bits per heavy atom. The number of carbonyl (C=O) groups is 1. The molecule has 1 aromatic rings. The standard InChI is InChI=1S/C17H28N4O2/c1-12(2)16-19-13(17(3,4)5)10-14(20-16)18-11-15(22)21-6-8-23-9-7-21/h10,12H,6-9,11H2,1-5H3,(H,18,19,20). The number of amides is 1. The van der Waals surface area contributed by atoms with Crippen molar-refractivity contribution in [3.05, 3.63) is 17.6 Å². The topological polar surface area (TPSA) is 67.4 Å². The third-order valence-corrected chi connectivity index (χ3v) is 3.81. The predicted molar refractivity (Wildman–Crippen MR) is 90.7 cm³/mol. The average molecular weight is 320 g/mol. The highest BCUT2D eigenvalue weighted by Crippen LogP contribution is 2.24. The second kappa shape index (κ2) is 7.25. The minimum atomic E-state index is -0.0583. The van der Waals surface area contributed by atoms with Gasteiger partial charge in [0.15, 0.2) is 0 Å². The average Bonchev–Trinajstić information content (AvgIpc) is 2.52. The zero-order valence-corrected chi connectivity index (χ0v) is 14.8. The van der Waals surface area contributed by atoms with Crippen molar-refractivity contribution in [2.75, 3.05) is 38.2 Å². The number of hydrogen-bond acceptors (Lipinski definition) is 5. The van der Waals surface area contributed by atoms with Gasteiger partial charge in [-0.3, -0.25) is 4.79 Å². The number of nitrogens with zero attached hydrogens (tertiary/aromatic N) is 3. The van der Waals surface area contributed by atoms with Crippen LogP contribution in [0.5, 0.6) is 0 Å². The molecule has 1 aliphatic heterocycles. The highest BCUT2D eigenvalue weighted by Gasteiger charge is 2.20. The van der Waals surface area contributed by atoms with Crippen LogP contribution in [0, 0.1) is 0 Å². The Kier molecular flexibility index (Phi) is 5.57.